The van der Waals surface area contributed by atoms with Gasteiger partial charge in [0.1, 0.15) is 0 Å². The average Bonchev–Trinajstić information content (AvgIpc) is 2.74. The van der Waals surface area contributed by atoms with Crippen molar-refractivity contribution in [2.45, 2.75) is 0 Å². The number of aliphatic hydroxyl groups is 1. The van der Waals surface area contributed by atoms with Crippen LogP contribution in [-0.4, -0.2) is 22.8 Å². The highest BCUT2D eigenvalue weighted by molar-refractivity contribution is 5.78. The molecule has 90 valence electrons. The van der Waals surface area contributed by atoms with Crippen LogP contribution in [0.3, 0.4) is 0 Å². The van der Waals surface area contributed by atoms with Crippen LogP contribution < -0.4 is 11.1 Å². The van der Waals surface area contributed by atoms with Gasteiger partial charge in [-0.25, -0.2) is 0 Å². The van der Waals surface area contributed by atoms with Crippen LogP contribution in [0.4, 0.5) is 11.4 Å². The second kappa shape index (κ2) is 4.93. The summed E-state index contributed by atoms with van der Waals surface area (Å²) >= 11 is 0. The zero-order valence-electron chi connectivity index (χ0n) is 9.85. The largest absolute Gasteiger partial charge is 0.398 e. The van der Waals surface area contributed by atoms with E-state index in [0.717, 1.165) is 22.6 Å². The third kappa shape index (κ3) is 2.42. The normalized spacial score (nSPS) is 10.5. The number of aliphatic hydroxyl groups excluding tert-OH is 1. The zero-order chi connectivity index (χ0) is 12.3. The second-order valence-corrected chi connectivity index (χ2v) is 3.96. The summed E-state index contributed by atoms with van der Waals surface area (Å²) in [6, 6.07) is 9.81. The molecule has 0 saturated carbocycles. The molecule has 0 amide bonds. The summed E-state index contributed by atoms with van der Waals surface area (Å²) in [5.74, 6) is 0. The highest BCUT2D eigenvalue weighted by atomic mass is 16.3. The molecule has 1 heterocycles. The Kier molecular flexibility index (Phi) is 3.35. The summed E-state index contributed by atoms with van der Waals surface area (Å²) in [7, 11) is 1.99. The lowest BCUT2D eigenvalue weighted by atomic mass is 10.1. The van der Waals surface area contributed by atoms with E-state index in [4.69, 9.17) is 10.8 Å². The average molecular weight is 231 g/mol. The number of nitrogen functional groups attached to an aromatic ring is 1. The van der Waals surface area contributed by atoms with E-state index >= 15 is 0 Å². The highest BCUT2D eigenvalue weighted by Crippen LogP contribution is 2.28. The summed E-state index contributed by atoms with van der Waals surface area (Å²) in [4.78, 5) is 0. The van der Waals surface area contributed by atoms with E-state index in [9.17, 15) is 0 Å². The van der Waals surface area contributed by atoms with Crippen LogP contribution in [-0.2, 0) is 7.05 Å². The van der Waals surface area contributed by atoms with Gasteiger partial charge in [0.25, 0.3) is 0 Å². The van der Waals surface area contributed by atoms with Crippen molar-refractivity contribution in [3.63, 3.8) is 0 Å². The van der Waals surface area contributed by atoms with Gasteiger partial charge in [-0.15, -0.1) is 0 Å². The van der Waals surface area contributed by atoms with E-state index in [-0.39, 0.29) is 6.61 Å². The van der Waals surface area contributed by atoms with Gasteiger partial charge in [-0.05, 0) is 30.3 Å². The quantitative estimate of drug-likeness (QED) is 0.701. The lowest BCUT2D eigenvalue weighted by Crippen LogP contribution is -2.06. The van der Waals surface area contributed by atoms with Gasteiger partial charge in [-0.3, -0.25) is 0 Å². The number of benzene rings is 1. The van der Waals surface area contributed by atoms with Crippen LogP contribution in [0.15, 0.2) is 36.5 Å². The third-order valence-corrected chi connectivity index (χ3v) is 2.71. The lowest BCUT2D eigenvalue weighted by molar-refractivity contribution is 0.311. The molecule has 2 rings (SSSR count). The minimum atomic E-state index is 0.115. The number of hydrogen-bond donors (Lipinski definition) is 3. The Labute approximate surface area is 101 Å². The summed E-state index contributed by atoms with van der Waals surface area (Å²) < 4.78 is 2.03. The Morgan fingerprint density at radius 1 is 1.35 bits per heavy atom. The number of aromatic nitrogens is 1. The van der Waals surface area contributed by atoms with Crippen LogP contribution in [0.1, 0.15) is 0 Å². The summed E-state index contributed by atoms with van der Waals surface area (Å²) in [5.41, 5.74) is 9.78. The topological polar surface area (TPSA) is 63.2 Å². The summed E-state index contributed by atoms with van der Waals surface area (Å²) in [6.07, 6.45) is 1.99. The van der Waals surface area contributed by atoms with Gasteiger partial charge < -0.3 is 20.7 Å². The molecule has 0 radical (unpaired) electrons. The lowest BCUT2D eigenvalue weighted by Gasteiger charge is -2.11. The van der Waals surface area contributed by atoms with Crippen molar-refractivity contribution in [1.82, 2.24) is 4.57 Å². The smallest absolute Gasteiger partial charge is 0.0604 e. The molecule has 4 heteroatoms. The third-order valence-electron chi connectivity index (χ3n) is 2.71. The maximum Gasteiger partial charge on any atom is 0.0604 e. The Hall–Kier alpha value is -1.94. The highest BCUT2D eigenvalue weighted by Gasteiger charge is 2.06. The summed E-state index contributed by atoms with van der Waals surface area (Å²) in [5, 5.41) is 11.9. The standard InChI is InChI=1S/C13H17N3O/c1-16-7-2-3-13(16)11-9-10(15-6-8-17)4-5-12(11)14/h2-5,7,9,15,17H,6,8,14H2,1H3. The molecule has 0 saturated heterocycles. The van der Waals surface area contributed by atoms with Gasteiger partial charge in [0.2, 0.25) is 0 Å². The number of aryl methyl sites for hydroxylation is 1. The first-order valence-electron chi connectivity index (χ1n) is 5.58. The van der Waals surface area contributed by atoms with E-state index in [2.05, 4.69) is 5.32 Å². The molecule has 0 spiro atoms. The molecule has 0 fully saturated rings. The fourth-order valence-corrected chi connectivity index (χ4v) is 1.83. The van der Waals surface area contributed by atoms with Gasteiger partial charge in [0.05, 0.1) is 6.61 Å². The van der Waals surface area contributed by atoms with E-state index in [1.165, 1.54) is 0 Å². The molecule has 4 nitrogen and oxygen atoms in total. The number of rotatable bonds is 4. The van der Waals surface area contributed by atoms with Gasteiger partial charge in [-0.1, -0.05) is 0 Å². The first kappa shape index (κ1) is 11.5. The first-order valence-corrected chi connectivity index (χ1v) is 5.58. The molecule has 1 aromatic heterocycles. The Bertz CT molecular complexity index is 505. The van der Waals surface area contributed by atoms with Crippen LogP contribution >= 0.6 is 0 Å². The maximum atomic E-state index is 8.79. The van der Waals surface area contributed by atoms with Crippen LogP contribution in [0, 0.1) is 0 Å². The molecule has 2 aromatic rings. The maximum absolute atomic E-state index is 8.79. The fourth-order valence-electron chi connectivity index (χ4n) is 1.83. The first-order chi connectivity index (χ1) is 8.22. The van der Waals surface area contributed by atoms with E-state index in [0.29, 0.717) is 6.54 Å². The van der Waals surface area contributed by atoms with E-state index in [1.807, 2.05) is 48.1 Å². The van der Waals surface area contributed by atoms with Gasteiger partial charge >= 0.3 is 0 Å². The molecule has 17 heavy (non-hydrogen) atoms. The predicted octanol–water partition coefficient (Wildman–Crippen LogP) is 1.68. The minimum absolute atomic E-state index is 0.115. The number of nitrogens with zero attached hydrogens (tertiary/aromatic N) is 1. The molecule has 0 unspecified atom stereocenters. The van der Waals surface area contributed by atoms with E-state index < -0.39 is 0 Å². The molecule has 4 N–H and O–H groups in total. The zero-order valence-corrected chi connectivity index (χ0v) is 9.85. The number of nitrogens with one attached hydrogen (secondary N) is 1. The molecule has 0 aliphatic heterocycles. The van der Waals surface area contributed by atoms with Crippen LogP contribution in [0.25, 0.3) is 11.3 Å². The molecular formula is C13H17N3O. The molecular weight excluding hydrogens is 214 g/mol. The van der Waals surface area contributed by atoms with Gasteiger partial charge in [-0.2, -0.15) is 0 Å². The summed E-state index contributed by atoms with van der Waals surface area (Å²) in [6.45, 7) is 0.653. The minimum Gasteiger partial charge on any atom is -0.398 e. The number of nitrogens with two attached hydrogens (primary N) is 1. The van der Waals surface area contributed by atoms with Crippen molar-refractivity contribution >= 4 is 11.4 Å². The SMILES string of the molecule is Cn1cccc1-c1cc(NCCO)ccc1N. The molecule has 0 bridgehead atoms. The Morgan fingerprint density at radius 2 is 2.18 bits per heavy atom. The molecule has 0 aliphatic rings. The Morgan fingerprint density at radius 3 is 2.82 bits per heavy atom. The monoisotopic (exact) mass is 231 g/mol. The number of hydrogen-bond acceptors (Lipinski definition) is 3. The van der Waals surface area contributed by atoms with E-state index in [1.54, 1.807) is 0 Å². The van der Waals surface area contributed by atoms with Crippen LogP contribution in [0.2, 0.25) is 0 Å². The second-order valence-electron chi connectivity index (χ2n) is 3.96. The molecule has 0 aliphatic carbocycles. The van der Waals surface area contributed by atoms with Crippen LogP contribution in [0.5, 0.6) is 0 Å². The number of anilines is 2. The molecule has 1 aromatic carbocycles. The predicted molar refractivity (Wildman–Crippen MR) is 70.8 cm³/mol. The van der Waals surface area contributed by atoms with Crippen molar-refractivity contribution in [1.29, 1.82) is 0 Å². The van der Waals surface area contributed by atoms with Crippen molar-refractivity contribution < 1.29 is 5.11 Å². The Balaban J connectivity index is 2.36. The van der Waals surface area contributed by atoms with Crippen molar-refractivity contribution in [3.05, 3.63) is 36.5 Å². The molecule has 0 atom stereocenters. The van der Waals surface area contributed by atoms with Gasteiger partial charge in [0.15, 0.2) is 0 Å². The van der Waals surface area contributed by atoms with Crippen molar-refractivity contribution in [2.75, 3.05) is 24.2 Å². The van der Waals surface area contributed by atoms with Gasteiger partial charge in [0, 0.05) is 42.4 Å². The fraction of sp³-hybridized carbons (Fsp3) is 0.231. The van der Waals surface area contributed by atoms with Crippen molar-refractivity contribution in [2.24, 2.45) is 7.05 Å². The van der Waals surface area contributed by atoms with Crippen molar-refractivity contribution in [3.8, 4) is 11.3 Å².